The molecule has 3 N–H and O–H groups in total. The Hall–Kier alpha value is -1.42. The molecule has 4 heteroatoms. The molecule has 0 spiro atoms. The summed E-state index contributed by atoms with van der Waals surface area (Å²) in [6.45, 7) is 7.45. The average molecular weight is 291 g/mol. The fourth-order valence-electron chi connectivity index (χ4n) is 3.32. The van der Waals surface area contributed by atoms with Crippen LogP contribution in [-0.2, 0) is 6.54 Å². The van der Waals surface area contributed by atoms with Gasteiger partial charge in [-0.1, -0.05) is 32.8 Å². The van der Waals surface area contributed by atoms with Crippen LogP contribution < -0.4 is 5.73 Å². The second-order valence-electron chi connectivity index (χ2n) is 6.20. The fraction of sp³-hybridized carbons (Fsp3) is 0.588. The Morgan fingerprint density at radius 1 is 1.29 bits per heavy atom. The van der Waals surface area contributed by atoms with E-state index >= 15 is 0 Å². The van der Waals surface area contributed by atoms with Crippen LogP contribution in [0.15, 0.2) is 18.2 Å². The van der Waals surface area contributed by atoms with Crippen LogP contribution >= 0.6 is 0 Å². The zero-order chi connectivity index (χ0) is 15.5. The Kier molecular flexibility index (Phi) is 4.99. The number of halogens is 1. The SMILES string of the molecule is CCC1(CC)CCN(Cc2ccc(F)cc2C(=N)N)CC1. The van der Waals surface area contributed by atoms with Crippen molar-refractivity contribution in [2.75, 3.05) is 13.1 Å². The molecule has 0 saturated carbocycles. The van der Waals surface area contributed by atoms with Crippen molar-refractivity contribution < 1.29 is 4.39 Å². The van der Waals surface area contributed by atoms with Crippen molar-refractivity contribution >= 4 is 5.84 Å². The van der Waals surface area contributed by atoms with E-state index in [2.05, 4.69) is 18.7 Å². The fourth-order valence-corrected chi connectivity index (χ4v) is 3.32. The van der Waals surface area contributed by atoms with E-state index in [-0.39, 0.29) is 11.7 Å². The summed E-state index contributed by atoms with van der Waals surface area (Å²) in [6, 6.07) is 4.58. The van der Waals surface area contributed by atoms with E-state index < -0.39 is 0 Å². The molecule has 1 aromatic rings. The molecule has 1 fully saturated rings. The van der Waals surface area contributed by atoms with Crippen LogP contribution in [-0.4, -0.2) is 23.8 Å². The van der Waals surface area contributed by atoms with Crippen molar-refractivity contribution in [1.82, 2.24) is 4.90 Å². The van der Waals surface area contributed by atoms with Gasteiger partial charge in [-0.25, -0.2) is 4.39 Å². The second-order valence-corrected chi connectivity index (χ2v) is 6.20. The molecular weight excluding hydrogens is 265 g/mol. The first kappa shape index (κ1) is 16.0. The smallest absolute Gasteiger partial charge is 0.123 e. The average Bonchev–Trinajstić information content (AvgIpc) is 2.50. The van der Waals surface area contributed by atoms with E-state index in [1.807, 2.05) is 0 Å². The Balaban J connectivity index is 2.06. The van der Waals surface area contributed by atoms with Crippen LogP contribution in [0.1, 0.15) is 50.7 Å². The van der Waals surface area contributed by atoms with Crippen LogP contribution in [0.5, 0.6) is 0 Å². The summed E-state index contributed by atoms with van der Waals surface area (Å²) < 4.78 is 13.3. The van der Waals surface area contributed by atoms with Crippen molar-refractivity contribution in [2.24, 2.45) is 11.1 Å². The minimum Gasteiger partial charge on any atom is -0.384 e. The molecule has 0 aromatic heterocycles. The standard InChI is InChI=1S/C17H26FN3/c1-3-17(4-2)7-9-21(10-8-17)12-13-5-6-14(18)11-15(13)16(19)20/h5-6,11H,3-4,7-10,12H2,1-2H3,(H3,19,20). The Morgan fingerprint density at radius 2 is 1.90 bits per heavy atom. The molecule has 0 amide bonds. The zero-order valence-electron chi connectivity index (χ0n) is 13.1. The molecule has 0 aliphatic carbocycles. The quantitative estimate of drug-likeness (QED) is 0.644. The molecule has 1 aliphatic heterocycles. The summed E-state index contributed by atoms with van der Waals surface area (Å²) in [5.41, 5.74) is 7.55. The van der Waals surface area contributed by atoms with Gasteiger partial charge in [-0.3, -0.25) is 10.3 Å². The number of nitrogens with one attached hydrogen (secondary N) is 1. The number of amidine groups is 1. The van der Waals surface area contributed by atoms with Gasteiger partial charge in [-0.15, -0.1) is 0 Å². The van der Waals surface area contributed by atoms with E-state index in [0.29, 0.717) is 11.0 Å². The highest BCUT2D eigenvalue weighted by atomic mass is 19.1. The second kappa shape index (κ2) is 6.56. The van der Waals surface area contributed by atoms with Gasteiger partial charge in [0.1, 0.15) is 11.7 Å². The highest BCUT2D eigenvalue weighted by Crippen LogP contribution is 2.38. The predicted molar refractivity (Wildman–Crippen MR) is 84.9 cm³/mol. The van der Waals surface area contributed by atoms with Gasteiger partial charge < -0.3 is 5.73 Å². The highest BCUT2D eigenvalue weighted by Gasteiger charge is 2.31. The van der Waals surface area contributed by atoms with Crippen molar-refractivity contribution in [2.45, 2.75) is 46.1 Å². The molecule has 0 atom stereocenters. The molecule has 21 heavy (non-hydrogen) atoms. The summed E-state index contributed by atoms with van der Waals surface area (Å²) in [4.78, 5) is 2.39. The third-order valence-electron chi connectivity index (χ3n) is 5.17. The van der Waals surface area contributed by atoms with E-state index in [1.54, 1.807) is 6.07 Å². The first-order valence-electron chi connectivity index (χ1n) is 7.85. The lowest BCUT2D eigenvalue weighted by Gasteiger charge is -2.41. The number of benzene rings is 1. The van der Waals surface area contributed by atoms with Crippen molar-refractivity contribution in [1.29, 1.82) is 5.41 Å². The van der Waals surface area contributed by atoms with Crippen LogP contribution in [0.25, 0.3) is 0 Å². The molecule has 116 valence electrons. The number of nitrogens with zero attached hydrogens (tertiary/aromatic N) is 1. The summed E-state index contributed by atoms with van der Waals surface area (Å²) in [6.07, 6.45) is 4.92. The first-order chi connectivity index (χ1) is 9.99. The number of hydrogen-bond acceptors (Lipinski definition) is 2. The van der Waals surface area contributed by atoms with Crippen LogP contribution in [0, 0.1) is 16.6 Å². The van der Waals surface area contributed by atoms with Gasteiger partial charge in [0.2, 0.25) is 0 Å². The summed E-state index contributed by atoms with van der Waals surface area (Å²) >= 11 is 0. The maximum Gasteiger partial charge on any atom is 0.123 e. The first-order valence-corrected chi connectivity index (χ1v) is 7.85. The van der Waals surface area contributed by atoms with Gasteiger partial charge in [0, 0.05) is 12.1 Å². The van der Waals surface area contributed by atoms with Crippen molar-refractivity contribution in [3.63, 3.8) is 0 Å². The largest absolute Gasteiger partial charge is 0.384 e. The summed E-state index contributed by atoms with van der Waals surface area (Å²) in [5.74, 6) is -0.392. The number of hydrogen-bond donors (Lipinski definition) is 2. The van der Waals surface area contributed by atoms with E-state index in [4.69, 9.17) is 11.1 Å². The van der Waals surface area contributed by atoms with Gasteiger partial charge in [-0.05, 0) is 49.0 Å². The van der Waals surface area contributed by atoms with Crippen LogP contribution in [0.2, 0.25) is 0 Å². The third kappa shape index (κ3) is 3.62. The zero-order valence-corrected chi connectivity index (χ0v) is 13.1. The summed E-state index contributed by atoms with van der Waals surface area (Å²) in [5, 5.41) is 7.61. The lowest BCUT2D eigenvalue weighted by molar-refractivity contribution is 0.0908. The number of likely N-dealkylation sites (tertiary alicyclic amines) is 1. The van der Waals surface area contributed by atoms with E-state index in [0.717, 1.165) is 25.2 Å². The molecule has 3 nitrogen and oxygen atoms in total. The van der Waals surface area contributed by atoms with Gasteiger partial charge in [0.15, 0.2) is 0 Å². The van der Waals surface area contributed by atoms with Gasteiger partial charge in [0.25, 0.3) is 0 Å². The molecule has 0 unspecified atom stereocenters. The third-order valence-corrected chi connectivity index (χ3v) is 5.17. The maximum atomic E-state index is 13.3. The minimum absolute atomic E-state index is 0.0574. The molecule has 0 radical (unpaired) electrons. The van der Waals surface area contributed by atoms with E-state index in [9.17, 15) is 4.39 Å². The maximum absolute atomic E-state index is 13.3. The molecule has 1 saturated heterocycles. The predicted octanol–water partition coefficient (Wildman–Crippen LogP) is 3.51. The number of rotatable bonds is 5. The highest BCUT2D eigenvalue weighted by molar-refractivity contribution is 5.96. The lowest BCUT2D eigenvalue weighted by atomic mass is 9.74. The minimum atomic E-state index is -0.335. The van der Waals surface area contributed by atoms with Crippen molar-refractivity contribution in [3.8, 4) is 0 Å². The summed E-state index contributed by atoms with van der Waals surface area (Å²) in [7, 11) is 0. The molecule has 2 rings (SSSR count). The van der Waals surface area contributed by atoms with Gasteiger partial charge >= 0.3 is 0 Å². The molecule has 1 heterocycles. The number of nitrogens with two attached hydrogens (primary N) is 1. The number of piperidine rings is 1. The van der Waals surface area contributed by atoms with Crippen LogP contribution in [0.4, 0.5) is 4.39 Å². The van der Waals surface area contributed by atoms with Gasteiger partial charge in [-0.2, -0.15) is 0 Å². The normalized spacial score (nSPS) is 18.6. The van der Waals surface area contributed by atoms with Crippen molar-refractivity contribution in [3.05, 3.63) is 35.1 Å². The molecule has 1 aromatic carbocycles. The number of nitrogen functional groups attached to an aromatic ring is 1. The topological polar surface area (TPSA) is 53.1 Å². The molecule has 1 aliphatic rings. The monoisotopic (exact) mass is 291 g/mol. The molecular formula is C17H26FN3. The molecule has 0 bridgehead atoms. The Bertz CT molecular complexity index is 499. The van der Waals surface area contributed by atoms with Gasteiger partial charge in [0.05, 0.1) is 0 Å². The lowest BCUT2D eigenvalue weighted by Crippen LogP contribution is -2.39. The Labute approximate surface area is 126 Å². The van der Waals surface area contributed by atoms with E-state index in [1.165, 1.54) is 37.8 Å². The Morgan fingerprint density at radius 3 is 2.43 bits per heavy atom. The van der Waals surface area contributed by atoms with Crippen LogP contribution in [0.3, 0.4) is 0 Å².